The maximum atomic E-state index is 5.90. The van der Waals surface area contributed by atoms with Crippen LogP contribution >= 0.6 is 0 Å². The third kappa shape index (κ3) is 4.36. The number of hydrogen-bond donors (Lipinski definition) is 2. The number of aryl methyl sites for hydroxylation is 2. The fraction of sp³-hybridized carbons (Fsp3) is 0.375. The molecular weight excluding hydrogens is 432 g/mol. The van der Waals surface area contributed by atoms with Crippen LogP contribution in [0.25, 0.3) is 22.3 Å². The summed E-state index contributed by atoms with van der Waals surface area (Å²) in [4.78, 5) is 14.0. The van der Waals surface area contributed by atoms with E-state index in [9.17, 15) is 0 Å². The lowest BCUT2D eigenvalue weighted by Crippen LogP contribution is -2.45. The van der Waals surface area contributed by atoms with Crippen molar-refractivity contribution in [2.75, 3.05) is 37.0 Å². The van der Waals surface area contributed by atoms with Crippen LogP contribution in [0.2, 0.25) is 0 Å². The van der Waals surface area contributed by atoms with E-state index >= 15 is 0 Å². The van der Waals surface area contributed by atoms with Crippen LogP contribution in [-0.4, -0.2) is 56.1 Å². The van der Waals surface area contributed by atoms with Crippen LogP contribution in [0.5, 0.6) is 5.75 Å². The molecule has 4 heterocycles. The Hall–Kier alpha value is -3.79. The summed E-state index contributed by atoms with van der Waals surface area (Å²) in [5, 5.41) is 15.9. The molecule has 1 fully saturated rings. The van der Waals surface area contributed by atoms with Gasteiger partial charge >= 0.3 is 0 Å². The molecule has 0 amide bonds. The average molecular weight is 461 g/mol. The van der Waals surface area contributed by atoms with Gasteiger partial charge in [0, 0.05) is 41.8 Å². The van der Waals surface area contributed by atoms with Crippen LogP contribution in [0.4, 0.5) is 17.5 Å². The number of nitrogens with zero attached hydrogens (tertiary/aromatic N) is 6. The summed E-state index contributed by atoms with van der Waals surface area (Å²) >= 11 is 0. The zero-order chi connectivity index (χ0) is 23.7. The first-order valence-corrected chi connectivity index (χ1v) is 11.3. The van der Waals surface area contributed by atoms with Gasteiger partial charge in [0.2, 0.25) is 5.95 Å². The number of aromatic nitrogens is 6. The Morgan fingerprint density at radius 1 is 1.21 bits per heavy atom. The Morgan fingerprint density at radius 2 is 2.06 bits per heavy atom. The van der Waals surface area contributed by atoms with E-state index in [1.165, 1.54) is 0 Å². The van der Waals surface area contributed by atoms with Crippen LogP contribution in [0.3, 0.4) is 0 Å². The first-order chi connectivity index (χ1) is 16.4. The molecule has 10 heteroatoms. The number of rotatable bonds is 8. The average Bonchev–Trinajstić information content (AvgIpc) is 3.23. The molecule has 0 aliphatic carbocycles. The Balaban J connectivity index is 1.45. The fourth-order valence-electron chi connectivity index (χ4n) is 3.91. The van der Waals surface area contributed by atoms with Crippen molar-refractivity contribution < 1.29 is 9.47 Å². The Kier molecular flexibility index (Phi) is 5.74. The van der Waals surface area contributed by atoms with Crippen LogP contribution in [0.1, 0.15) is 19.5 Å². The van der Waals surface area contributed by atoms with Gasteiger partial charge in [0.1, 0.15) is 17.6 Å². The number of ether oxygens (including phenoxy) is 2. The lowest BCUT2D eigenvalue weighted by molar-refractivity contribution is -0.0924. The largest absolute Gasteiger partial charge is 0.492 e. The van der Waals surface area contributed by atoms with Gasteiger partial charge in [-0.25, -0.2) is 15.0 Å². The molecule has 5 rings (SSSR count). The van der Waals surface area contributed by atoms with Gasteiger partial charge in [-0.3, -0.25) is 0 Å². The van der Waals surface area contributed by atoms with Crippen LogP contribution < -0.4 is 15.4 Å². The molecule has 4 aromatic rings. The molecule has 34 heavy (non-hydrogen) atoms. The molecule has 1 aromatic carbocycles. The number of pyridine rings is 1. The second kappa shape index (κ2) is 8.86. The SMILES string of the molecule is CCOc1cc(-c2nncn2C)ccc1Nc1ncc2cc(C)nc(NCC3(C)COC3)c2n1. The fourth-order valence-corrected chi connectivity index (χ4v) is 3.91. The summed E-state index contributed by atoms with van der Waals surface area (Å²) in [7, 11) is 1.91. The van der Waals surface area contributed by atoms with E-state index < -0.39 is 0 Å². The first kappa shape index (κ1) is 22.0. The molecule has 0 unspecified atom stereocenters. The standard InChI is InChI=1S/C24H28N8O2/c1-5-34-19-9-16(22-31-27-14-32(22)4)6-7-18(19)29-23-25-10-17-8-15(2)28-21(20(17)30-23)26-11-24(3)12-33-13-24/h6-10,14H,5,11-13H2,1-4H3,(H,26,28)(H,25,29,30). The Morgan fingerprint density at radius 3 is 2.76 bits per heavy atom. The minimum Gasteiger partial charge on any atom is -0.492 e. The predicted octanol–water partition coefficient (Wildman–Crippen LogP) is 3.72. The van der Waals surface area contributed by atoms with E-state index in [-0.39, 0.29) is 5.41 Å². The Bertz CT molecular complexity index is 1330. The van der Waals surface area contributed by atoms with Crippen molar-refractivity contribution in [1.29, 1.82) is 0 Å². The molecule has 0 atom stereocenters. The zero-order valence-electron chi connectivity index (χ0n) is 19.8. The highest BCUT2D eigenvalue weighted by Gasteiger charge is 2.33. The van der Waals surface area contributed by atoms with Gasteiger partial charge in [-0.1, -0.05) is 6.92 Å². The molecule has 2 N–H and O–H groups in total. The van der Waals surface area contributed by atoms with Crippen LogP contribution in [0, 0.1) is 12.3 Å². The van der Waals surface area contributed by atoms with Crippen molar-refractivity contribution in [3.8, 4) is 17.1 Å². The van der Waals surface area contributed by atoms with E-state index in [0.717, 1.165) is 59.2 Å². The van der Waals surface area contributed by atoms with E-state index in [1.807, 2.05) is 55.9 Å². The van der Waals surface area contributed by atoms with Gasteiger partial charge in [-0.2, -0.15) is 0 Å². The molecule has 10 nitrogen and oxygen atoms in total. The van der Waals surface area contributed by atoms with Crippen LogP contribution in [0.15, 0.2) is 36.8 Å². The minimum atomic E-state index is 0.114. The molecule has 0 saturated carbocycles. The summed E-state index contributed by atoms with van der Waals surface area (Å²) in [6.45, 7) is 8.90. The number of hydrogen-bond acceptors (Lipinski definition) is 9. The highest BCUT2D eigenvalue weighted by molar-refractivity contribution is 5.89. The molecule has 0 bridgehead atoms. The third-order valence-electron chi connectivity index (χ3n) is 5.78. The molecule has 0 radical (unpaired) electrons. The number of anilines is 3. The molecule has 176 valence electrons. The summed E-state index contributed by atoms with van der Waals surface area (Å²) < 4.78 is 13.1. The lowest BCUT2D eigenvalue weighted by Gasteiger charge is -2.38. The molecule has 3 aromatic heterocycles. The molecule has 1 aliphatic rings. The van der Waals surface area contributed by atoms with Gasteiger partial charge in [0.25, 0.3) is 0 Å². The predicted molar refractivity (Wildman–Crippen MR) is 130 cm³/mol. The number of benzene rings is 1. The normalized spacial score (nSPS) is 14.6. The third-order valence-corrected chi connectivity index (χ3v) is 5.78. The number of nitrogens with one attached hydrogen (secondary N) is 2. The van der Waals surface area contributed by atoms with Crippen molar-refractivity contribution in [2.45, 2.75) is 20.8 Å². The van der Waals surface area contributed by atoms with E-state index in [2.05, 4.69) is 32.7 Å². The number of fused-ring (bicyclic) bond motifs is 1. The Labute approximate surface area is 197 Å². The van der Waals surface area contributed by atoms with Gasteiger partial charge in [0.05, 0.1) is 25.5 Å². The van der Waals surface area contributed by atoms with Gasteiger partial charge in [0.15, 0.2) is 11.6 Å². The highest BCUT2D eigenvalue weighted by atomic mass is 16.5. The van der Waals surface area contributed by atoms with Crippen molar-refractivity contribution in [3.05, 3.63) is 42.5 Å². The smallest absolute Gasteiger partial charge is 0.227 e. The molecule has 1 saturated heterocycles. The first-order valence-electron chi connectivity index (χ1n) is 11.3. The lowest BCUT2D eigenvalue weighted by atomic mass is 9.89. The van der Waals surface area contributed by atoms with Gasteiger partial charge in [-0.15, -0.1) is 10.2 Å². The summed E-state index contributed by atoms with van der Waals surface area (Å²) in [5.74, 6) is 2.66. The second-order valence-corrected chi connectivity index (χ2v) is 8.94. The highest BCUT2D eigenvalue weighted by Crippen LogP contribution is 2.33. The topological polar surface area (TPSA) is 112 Å². The minimum absolute atomic E-state index is 0.114. The van der Waals surface area contributed by atoms with Crippen molar-refractivity contribution >= 4 is 28.4 Å². The molecule has 0 spiro atoms. The quantitative estimate of drug-likeness (QED) is 0.406. The summed E-state index contributed by atoms with van der Waals surface area (Å²) in [6.07, 6.45) is 3.48. The van der Waals surface area contributed by atoms with E-state index in [4.69, 9.17) is 19.4 Å². The van der Waals surface area contributed by atoms with Crippen molar-refractivity contribution in [3.63, 3.8) is 0 Å². The van der Waals surface area contributed by atoms with E-state index in [1.54, 1.807) is 6.33 Å². The van der Waals surface area contributed by atoms with E-state index in [0.29, 0.717) is 18.3 Å². The van der Waals surface area contributed by atoms with Crippen molar-refractivity contribution in [1.82, 2.24) is 29.7 Å². The summed E-state index contributed by atoms with van der Waals surface area (Å²) in [5.41, 5.74) is 3.46. The summed E-state index contributed by atoms with van der Waals surface area (Å²) in [6, 6.07) is 7.83. The maximum absolute atomic E-state index is 5.90. The molecular formula is C24H28N8O2. The van der Waals surface area contributed by atoms with Crippen molar-refractivity contribution in [2.24, 2.45) is 12.5 Å². The van der Waals surface area contributed by atoms with Gasteiger partial charge in [-0.05, 0) is 38.1 Å². The van der Waals surface area contributed by atoms with Gasteiger partial charge < -0.3 is 24.7 Å². The second-order valence-electron chi connectivity index (χ2n) is 8.94. The monoisotopic (exact) mass is 460 g/mol. The molecule has 1 aliphatic heterocycles. The van der Waals surface area contributed by atoms with Crippen LogP contribution in [-0.2, 0) is 11.8 Å². The zero-order valence-corrected chi connectivity index (χ0v) is 19.8. The maximum Gasteiger partial charge on any atom is 0.227 e.